The van der Waals surface area contributed by atoms with Gasteiger partial charge < -0.3 is 0 Å². The Hall–Kier alpha value is -1.09. The second-order valence-electron chi connectivity index (χ2n) is 8.12. The Balaban J connectivity index is 0.00000160. The van der Waals surface area contributed by atoms with E-state index in [0.717, 1.165) is 25.7 Å². The Morgan fingerprint density at radius 2 is 1.03 bits per heavy atom. The normalized spacial score (nSPS) is 16.0. The molecule has 4 heteroatoms. The number of hydrogen-bond acceptors (Lipinski definition) is 0. The molecule has 0 amide bonds. The van der Waals surface area contributed by atoms with Crippen molar-refractivity contribution < 1.29 is 14.0 Å². The van der Waals surface area contributed by atoms with Crippen LogP contribution in [-0.4, -0.2) is 7.63 Å². The molecule has 0 fully saturated rings. The molecule has 0 saturated heterocycles. The fraction of sp³-hybridized carbons (Fsp3) is 0.231. The summed E-state index contributed by atoms with van der Waals surface area (Å²) >= 11 is -3.67. The zero-order chi connectivity index (χ0) is 19.6. The summed E-state index contributed by atoms with van der Waals surface area (Å²) in [7, 11) is 2.39. The molecular formula is C26H32Cl2SiTi. The third-order valence-corrected chi connectivity index (χ3v) is 24.7. The average Bonchev–Trinajstić information content (AvgIpc) is 3.44. The largest absolute Gasteiger partial charge is 0.147 e. The third-order valence-electron chi connectivity index (χ3n) is 6.97. The summed E-state index contributed by atoms with van der Waals surface area (Å²) in [4.78, 5) is 0. The van der Waals surface area contributed by atoms with E-state index in [9.17, 15) is 0 Å². The topological polar surface area (TPSA) is 0 Å². The van der Waals surface area contributed by atoms with Crippen molar-refractivity contribution in [1.29, 1.82) is 0 Å². The molecule has 0 aromatic heterocycles. The molecule has 2 aromatic carbocycles. The Bertz CT molecular complexity index is 989. The van der Waals surface area contributed by atoms with Crippen molar-refractivity contribution in [2.75, 3.05) is 0 Å². The van der Waals surface area contributed by atoms with E-state index < -0.39 is 14.0 Å². The van der Waals surface area contributed by atoms with Gasteiger partial charge in [-0.3, -0.25) is 0 Å². The minimum Gasteiger partial charge on any atom is -0.147 e. The van der Waals surface area contributed by atoms with E-state index >= 15 is 0 Å². The van der Waals surface area contributed by atoms with Gasteiger partial charge in [-0.2, -0.15) is 0 Å². The fourth-order valence-corrected chi connectivity index (χ4v) is 21.6. The fourth-order valence-electron chi connectivity index (χ4n) is 5.58. The van der Waals surface area contributed by atoms with Crippen LogP contribution in [0, 0.1) is 0 Å². The van der Waals surface area contributed by atoms with Crippen molar-refractivity contribution in [3.05, 3.63) is 104 Å². The van der Waals surface area contributed by atoms with Crippen LogP contribution < -0.4 is 7.74 Å². The van der Waals surface area contributed by atoms with Crippen LogP contribution in [0.1, 0.15) is 39.5 Å². The van der Waals surface area contributed by atoms with Crippen LogP contribution in [-0.2, 0) is 14.0 Å². The van der Waals surface area contributed by atoms with Crippen LogP contribution in [0.4, 0.5) is 0 Å². The molecule has 30 heavy (non-hydrogen) atoms. The molecule has 0 saturated carbocycles. The van der Waals surface area contributed by atoms with Gasteiger partial charge in [-0.25, -0.2) is 0 Å². The maximum atomic E-state index is 2.42. The molecule has 0 atom stereocenters. The summed E-state index contributed by atoms with van der Waals surface area (Å²) in [5.74, 6) is 0. The zero-order valence-corrected chi connectivity index (χ0v) is 22.5. The van der Waals surface area contributed by atoms with Crippen LogP contribution in [0.25, 0.3) is 0 Å². The monoisotopic (exact) mass is 490 g/mol. The van der Waals surface area contributed by atoms with Gasteiger partial charge in [0, 0.05) is 0 Å². The first-order valence-electron chi connectivity index (χ1n) is 10.6. The quantitative estimate of drug-likeness (QED) is 0.437. The first-order chi connectivity index (χ1) is 13.6. The summed E-state index contributed by atoms with van der Waals surface area (Å²) in [6.45, 7) is 4.65. The predicted octanol–water partition coefficient (Wildman–Crippen LogP) is 5.97. The van der Waals surface area contributed by atoms with Crippen molar-refractivity contribution in [3.63, 3.8) is 0 Å². The second kappa shape index (κ2) is 10.0. The molecule has 0 aliphatic heterocycles. The third kappa shape index (κ3) is 3.59. The summed E-state index contributed by atoms with van der Waals surface area (Å²) in [5.41, 5.74) is 3.16. The van der Waals surface area contributed by atoms with Crippen molar-refractivity contribution >= 4 is 40.2 Å². The van der Waals surface area contributed by atoms with Gasteiger partial charge >= 0.3 is 173 Å². The number of rotatable bonds is 6. The molecule has 0 radical (unpaired) electrons. The molecule has 0 N–H and O–H groups in total. The standard InChI is InChI=1S/2C7H9.2C6H5.2ClH.H2Si.Ti/c2*1-2-7-5-3-4-6-7;2*1-2-4-6-5-3-1;;;;/h2*3,5H,2,4H2,1H3;2*1-5H;2*1H;1H2;. The first kappa shape index (κ1) is 25.2. The van der Waals surface area contributed by atoms with Crippen molar-refractivity contribution in [1.82, 2.24) is 0 Å². The summed E-state index contributed by atoms with van der Waals surface area (Å²) < 4.78 is 6.66. The smallest absolute Gasteiger partial charge is 0.147 e. The number of halogens is 2. The number of allylic oxidation sites excluding steroid dienone is 8. The van der Waals surface area contributed by atoms with Gasteiger partial charge in [0.25, 0.3) is 0 Å². The Morgan fingerprint density at radius 1 is 0.667 bits per heavy atom. The van der Waals surface area contributed by atoms with Gasteiger partial charge in [0.05, 0.1) is 0 Å². The van der Waals surface area contributed by atoms with Gasteiger partial charge in [-0.05, 0) is 0 Å². The van der Waals surface area contributed by atoms with E-state index in [4.69, 9.17) is 0 Å². The van der Waals surface area contributed by atoms with Crippen LogP contribution in [0.15, 0.2) is 104 Å². The average molecular weight is 491 g/mol. The molecule has 2 aromatic rings. The molecule has 0 heterocycles. The SMILES string of the molecule is CCC1=[C]([Ti](=[SiH2])([C]2=C(CC)C=CC2)([c]2ccccc2)[c]2ccccc2)CC=C1.Cl.Cl. The number of hydrogen-bond donors (Lipinski definition) is 0. The van der Waals surface area contributed by atoms with Gasteiger partial charge in [0.15, 0.2) is 0 Å². The summed E-state index contributed by atoms with van der Waals surface area (Å²) in [5, 5.41) is 0. The minimum atomic E-state index is -3.67. The molecule has 4 rings (SSSR count). The van der Waals surface area contributed by atoms with E-state index in [1.807, 2.05) is 0 Å². The van der Waals surface area contributed by atoms with Crippen LogP contribution in [0.5, 0.6) is 0 Å². The molecule has 2 aliphatic carbocycles. The van der Waals surface area contributed by atoms with E-state index in [1.54, 1.807) is 26.6 Å². The van der Waals surface area contributed by atoms with Crippen molar-refractivity contribution in [2.24, 2.45) is 0 Å². The molecule has 0 spiro atoms. The molecule has 0 unspecified atom stereocenters. The molecule has 2 aliphatic rings. The number of benzene rings is 2. The van der Waals surface area contributed by atoms with Crippen LogP contribution in [0.3, 0.4) is 0 Å². The van der Waals surface area contributed by atoms with E-state index in [0.29, 0.717) is 0 Å². The summed E-state index contributed by atoms with van der Waals surface area (Å²) in [6.07, 6.45) is 14.1. The van der Waals surface area contributed by atoms with E-state index in [1.165, 1.54) is 0 Å². The zero-order valence-electron chi connectivity index (χ0n) is 17.9. The van der Waals surface area contributed by atoms with Gasteiger partial charge in [0.1, 0.15) is 0 Å². The van der Waals surface area contributed by atoms with E-state index in [-0.39, 0.29) is 24.8 Å². The molecule has 158 valence electrons. The van der Waals surface area contributed by atoms with Gasteiger partial charge in [0.2, 0.25) is 0 Å². The second-order valence-corrected chi connectivity index (χ2v) is 22.2. The molecule has 0 nitrogen and oxygen atoms in total. The Morgan fingerprint density at radius 3 is 1.37 bits per heavy atom. The van der Waals surface area contributed by atoms with Crippen LogP contribution >= 0.6 is 24.8 Å². The first-order valence-corrected chi connectivity index (χ1v) is 17.7. The van der Waals surface area contributed by atoms with Gasteiger partial charge in [-0.1, -0.05) is 0 Å². The van der Waals surface area contributed by atoms with Crippen molar-refractivity contribution in [2.45, 2.75) is 39.5 Å². The van der Waals surface area contributed by atoms with Crippen LogP contribution in [0.2, 0.25) is 0 Å². The molecular weight excluding hydrogens is 459 g/mol. The molecule has 0 bridgehead atoms. The maximum Gasteiger partial charge on any atom is -0.147 e. The predicted molar refractivity (Wildman–Crippen MR) is 137 cm³/mol. The van der Waals surface area contributed by atoms with Crippen molar-refractivity contribution in [3.8, 4) is 0 Å². The van der Waals surface area contributed by atoms with Gasteiger partial charge in [-0.15, -0.1) is 24.8 Å². The minimum absolute atomic E-state index is 0. The maximum absolute atomic E-state index is 3.67. The summed E-state index contributed by atoms with van der Waals surface area (Å²) in [6, 6.07) is 23.0. The van der Waals surface area contributed by atoms with E-state index in [2.05, 4.69) is 106 Å². The Kier molecular flexibility index (Phi) is 8.41. The Labute approximate surface area is 196 Å².